The van der Waals surface area contributed by atoms with Crippen molar-refractivity contribution in [3.63, 3.8) is 0 Å². The van der Waals surface area contributed by atoms with Crippen molar-refractivity contribution < 1.29 is 36.5 Å². The summed E-state index contributed by atoms with van der Waals surface area (Å²) < 4.78 is 69.7. The van der Waals surface area contributed by atoms with Crippen LogP contribution >= 0.6 is 0 Å². The second-order valence-corrected chi connectivity index (χ2v) is 7.40. The maximum Gasteiger partial charge on any atom is 0.416 e. The molecule has 0 saturated heterocycles. The lowest BCUT2D eigenvalue weighted by atomic mass is 10.1. The summed E-state index contributed by atoms with van der Waals surface area (Å²) in [6.07, 6.45) is -7.11. The largest absolute Gasteiger partial charge is 0.416 e. The molecular weight excluding hydrogens is 351 g/mol. The number of methoxy groups -OCH3 is 1. The van der Waals surface area contributed by atoms with E-state index in [0.717, 1.165) is 18.2 Å². The third kappa shape index (κ3) is 4.06. The fourth-order valence-corrected chi connectivity index (χ4v) is 4.04. The smallest absolute Gasteiger partial charge is 0.390 e. The van der Waals surface area contributed by atoms with Crippen molar-refractivity contribution in [2.75, 3.05) is 13.7 Å². The summed E-state index contributed by atoms with van der Waals surface area (Å²) >= 11 is 0. The molecule has 1 aliphatic rings. The monoisotopic (exact) mass is 369 g/mol. The SMILES string of the molecule is COCC1CC(NS(=O)(=O)c2cccc(C(F)(F)F)c2)C(O)C1O. The molecule has 0 aromatic heterocycles. The molecule has 0 radical (unpaired) electrons. The van der Waals surface area contributed by atoms with Gasteiger partial charge in [-0.3, -0.25) is 0 Å². The van der Waals surface area contributed by atoms with Crippen LogP contribution in [0.3, 0.4) is 0 Å². The quantitative estimate of drug-likeness (QED) is 0.712. The predicted octanol–water partition coefficient (Wildman–Crippen LogP) is 0.740. The van der Waals surface area contributed by atoms with Gasteiger partial charge >= 0.3 is 6.18 Å². The average Bonchev–Trinajstić information content (AvgIpc) is 2.75. The molecule has 1 saturated carbocycles. The Kier molecular flexibility index (Phi) is 5.55. The molecule has 0 spiro atoms. The molecule has 0 aliphatic heterocycles. The van der Waals surface area contributed by atoms with Crippen molar-refractivity contribution in [1.29, 1.82) is 0 Å². The minimum absolute atomic E-state index is 0.106. The highest BCUT2D eigenvalue weighted by Gasteiger charge is 2.43. The molecule has 1 aliphatic carbocycles. The van der Waals surface area contributed by atoms with Crippen LogP contribution in [0.5, 0.6) is 0 Å². The minimum atomic E-state index is -4.67. The minimum Gasteiger partial charge on any atom is -0.390 e. The van der Waals surface area contributed by atoms with Crippen molar-refractivity contribution in [1.82, 2.24) is 4.72 Å². The predicted molar refractivity (Wildman–Crippen MR) is 77.6 cm³/mol. The number of nitrogens with one attached hydrogen (secondary N) is 1. The van der Waals surface area contributed by atoms with Crippen LogP contribution in [-0.4, -0.2) is 50.6 Å². The Labute approximate surface area is 137 Å². The van der Waals surface area contributed by atoms with Gasteiger partial charge in [-0.25, -0.2) is 13.1 Å². The number of halogens is 3. The lowest BCUT2D eigenvalue weighted by Crippen LogP contribution is -2.43. The first-order valence-corrected chi connectivity index (χ1v) is 8.59. The van der Waals surface area contributed by atoms with Crippen LogP contribution in [0.4, 0.5) is 13.2 Å². The Balaban J connectivity index is 2.20. The van der Waals surface area contributed by atoms with E-state index in [1.165, 1.54) is 7.11 Å². The Morgan fingerprint density at radius 2 is 1.96 bits per heavy atom. The number of aliphatic hydroxyl groups is 2. The first-order valence-electron chi connectivity index (χ1n) is 7.11. The number of ether oxygens (including phenoxy) is 1. The van der Waals surface area contributed by atoms with Gasteiger partial charge in [0.05, 0.1) is 35.3 Å². The summed E-state index contributed by atoms with van der Waals surface area (Å²) in [5.74, 6) is -0.473. The van der Waals surface area contributed by atoms with E-state index in [4.69, 9.17) is 4.74 Å². The van der Waals surface area contributed by atoms with Crippen molar-refractivity contribution >= 4 is 10.0 Å². The molecule has 3 N–H and O–H groups in total. The second kappa shape index (κ2) is 6.96. The van der Waals surface area contributed by atoms with Crippen LogP contribution in [-0.2, 0) is 20.9 Å². The molecule has 136 valence electrons. The first-order chi connectivity index (χ1) is 11.1. The van der Waals surface area contributed by atoms with Gasteiger partial charge in [-0.1, -0.05) is 6.07 Å². The van der Waals surface area contributed by atoms with E-state index in [0.29, 0.717) is 6.07 Å². The highest BCUT2D eigenvalue weighted by molar-refractivity contribution is 7.89. The Hall–Kier alpha value is -1.20. The first kappa shape index (κ1) is 19.1. The zero-order valence-corrected chi connectivity index (χ0v) is 13.5. The molecule has 0 bridgehead atoms. The molecule has 0 heterocycles. The zero-order chi connectivity index (χ0) is 18.1. The number of alkyl halides is 3. The zero-order valence-electron chi connectivity index (χ0n) is 12.7. The lowest BCUT2D eigenvalue weighted by molar-refractivity contribution is -0.137. The molecule has 0 amide bonds. The number of aliphatic hydroxyl groups excluding tert-OH is 2. The molecule has 4 atom stereocenters. The van der Waals surface area contributed by atoms with Gasteiger partial charge in [0.25, 0.3) is 0 Å². The van der Waals surface area contributed by atoms with Gasteiger partial charge in [0.15, 0.2) is 0 Å². The topological polar surface area (TPSA) is 95.9 Å². The standard InChI is InChI=1S/C14H18F3NO5S/c1-23-7-8-5-11(13(20)12(8)19)18-24(21,22)10-4-2-3-9(6-10)14(15,16)17/h2-4,6,8,11-13,18-20H,5,7H2,1H3. The highest BCUT2D eigenvalue weighted by atomic mass is 32.2. The summed E-state index contributed by atoms with van der Waals surface area (Å²) in [4.78, 5) is -0.561. The fraction of sp³-hybridized carbons (Fsp3) is 0.571. The van der Waals surface area contributed by atoms with Crippen LogP contribution in [0.25, 0.3) is 0 Å². The third-order valence-corrected chi connectivity index (χ3v) is 5.45. The van der Waals surface area contributed by atoms with E-state index in [9.17, 15) is 31.8 Å². The van der Waals surface area contributed by atoms with Crippen molar-refractivity contribution in [2.45, 2.75) is 35.7 Å². The van der Waals surface area contributed by atoms with Gasteiger partial charge in [0.2, 0.25) is 10.0 Å². The van der Waals surface area contributed by atoms with Gasteiger partial charge in [-0.05, 0) is 24.6 Å². The van der Waals surface area contributed by atoms with Gasteiger partial charge in [-0.2, -0.15) is 13.2 Å². The average molecular weight is 369 g/mol. The Bertz CT molecular complexity index is 679. The molecule has 24 heavy (non-hydrogen) atoms. The van der Waals surface area contributed by atoms with E-state index in [1.54, 1.807) is 0 Å². The summed E-state index contributed by atoms with van der Waals surface area (Å²) in [5, 5.41) is 19.8. The lowest BCUT2D eigenvalue weighted by Gasteiger charge is -2.18. The summed E-state index contributed by atoms with van der Waals surface area (Å²) in [6, 6.07) is 2.29. The number of benzene rings is 1. The van der Waals surface area contributed by atoms with Gasteiger partial charge in [0, 0.05) is 13.0 Å². The summed E-state index contributed by atoms with van der Waals surface area (Å²) in [7, 11) is -2.88. The maximum atomic E-state index is 12.7. The van der Waals surface area contributed by atoms with Gasteiger partial charge < -0.3 is 14.9 Å². The van der Waals surface area contributed by atoms with E-state index in [2.05, 4.69) is 4.72 Å². The molecule has 4 unspecified atom stereocenters. The van der Waals surface area contributed by atoms with Crippen molar-refractivity contribution in [2.24, 2.45) is 5.92 Å². The Morgan fingerprint density at radius 1 is 1.29 bits per heavy atom. The van der Waals surface area contributed by atoms with Crippen LogP contribution < -0.4 is 4.72 Å². The highest BCUT2D eigenvalue weighted by Crippen LogP contribution is 2.31. The molecule has 1 aromatic rings. The van der Waals surface area contributed by atoms with E-state index >= 15 is 0 Å². The van der Waals surface area contributed by atoms with Crippen LogP contribution in [0.15, 0.2) is 29.2 Å². The fourth-order valence-electron chi connectivity index (χ4n) is 2.73. The second-order valence-electron chi connectivity index (χ2n) is 5.69. The third-order valence-electron chi connectivity index (χ3n) is 3.96. The van der Waals surface area contributed by atoms with Gasteiger partial charge in [-0.15, -0.1) is 0 Å². The summed E-state index contributed by atoms with van der Waals surface area (Å²) in [5.41, 5.74) is -1.09. The molecule has 10 heteroatoms. The molecular formula is C14H18F3NO5S. The summed E-state index contributed by atoms with van der Waals surface area (Å²) in [6.45, 7) is 0.125. The van der Waals surface area contributed by atoms with Crippen molar-refractivity contribution in [3.05, 3.63) is 29.8 Å². The molecule has 6 nitrogen and oxygen atoms in total. The van der Waals surface area contributed by atoms with E-state index in [-0.39, 0.29) is 13.0 Å². The van der Waals surface area contributed by atoms with E-state index in [1.807, 2.05) is 0 Å². The van der Waals surface area contributed by atoms with Gasteiger partial charge in [0.1, 0.15) is 0 Å². The van der Waals surface area contributed by atoms with Crippen LogP contribution in [0.1, 0.15) is 12.0 Å². The molecule has 1 fully saturated rings. The van der Waals surface area contributed by atoms with E-state index < -0.39 is 50.8 Å². The number of hydrogen-bond donors (Lipinski definition) is 3. The van der Waals surface area contributed by atoms with Crippen LogP contribution in [0, 0.1) is 5.92 Å². The molecule has 2 rings (SSSR count). The maximum absolute atomic E-state index is 12.7. The van der Waals surface area contributed by atoms with Crippen LogP contribution in [0.2, 0.25) is 0 Å². The Morgan fingerprint density at radius 3 is 2.54 bits per heavy atom. The van der Waals surface area contributed by atoms with Crippen molar-refractivity contribution in [3.8, 4) is 0 Å². The number of sulfonamides is 1. The number of hydrogen-bond acceptors (Lipinski definition) is 5. The molecule has 1 aromatic carbocycles. The number of rotatable bonds is 5. The normalized spacial score (nSPS) is 28.2.